The monoisotopic (exact) mass is 261 g/mol. The zero-order valence-electron chi connectivity index (χ0n) is 10.5. The highest BCUT2D eigenvalue weighted by molar-refractivity contribution is 5.93. The molecule has 3 N–H and O–H groups in total. The number of anilines is 1. The van der Waals surface area contributed by atoms with Gasteiger partial charge in [-0.25, -0.2) is 9.78 Å². The van der Waals surface area contributed by atoms with E-state index in [0.717, 1.165) is 5.82 Å². The number of hydrogen-bond acceptors (Lipinski definition) is 4. The number of aromatic nitrogens is 2. The maximum atomic E-state index is 11.1. The van der Waals surface area contributed by atoms with Gasteiger partial charge in [0.05, 0.1) is 12.2 Å². The van der Waals surface area contributed by atoms with Gasteiger partial charge in [-0.15, -0.1) is 0 Å². The fourth-order valence-electron chi connectivity index (χ4n) is 1.77. The third kappa shape index (κ3) is 2.85. The van der Waals surface area contributed by atoms with Gasteiger partial charge in [-0.2, -0.15) is 0 Å². The molecule has 0 amide bonds. The van der Waals surface area contributed by atoms with Crippen molar-refractivity contribution in [1.82, 2.24) is 9.55 Å². The van der Waals surface area contributed by atoms with Crippen LogP contribution in [0.4, 0.5) is 5.69 Å². The summed E-state index contributed by atoms with van der Waals surface area (Å²) in [5.74, 6) is 0.0389. The van der Waals surface area contributed by atoms with E-state index >= 15 is 0 Å². The van der Waals surface area contributed by atoms with Crippen LogP contribution in [0.1, 0.15) is 16.2 Å². The van der Waals surface area contributed by atoms with Gasteiger partial charge in [0, 0.05) is 12.4 Å². The van der Waals surface area contributed by atoms with Crippen LogP contribution in [0.25, 0.3) is 0 Å². The van der Waals surface area contributed by atoms with Crippen LogP contribution in [0, 0.1) is 6.92 Å². The van der Waals surface area contributed by atoms with E-state index in [1.54, 1.807) is 18.3 Å². The number of carboxylic acids is 1. The van der Waals surface area contributed by atoms with Gasteiger partial charge >= 0.3 is 5.97 Å². The molecule has 0 radical (unpaired) electrons. The van der Waals surface area contributed by atoms with Crippen LogP contribution in [-0.4, -0.2) is 27.2 Å². The molecule has 0 atom stereocenters. The molecule has 0 spiro atoms. The van der Waals surface area contributed by atoms with Gasteiger partial charge < -0.3 is 20.1 Å². The molecule has 1 aromatic heterocycles. The van der Waals surface area contributed by atoms with E-state index in [1.807, 2.05) is 17.7 Å². The van der Waals surface area contributed by atoms with Gasteiger partial charge in [0.25, 0.3) is 0 Å². The summed E-state index contributed by atoms with van der Waals surface area (Å²) in [7, 11) is 0. The number of aromatic carboxylic acids is 1. The number of imidazole rings is 1. The maximum Gasteiger partial charge on any atom is 0.339 e. The number of benzene rings is 1. The van der Waals surface area contributed by atoms with Gasteiger partial charge in [0.2, 0.25) is 0 Å². The summed E-state index contributed by atoms with van der Waals surface area (Å²) in [6, 6.07) is 4.67. The average molecular weight is 261 g/mol. The average Bonchev–Trinajstić information content (AvgIpc) is 2.77. The molecule has 0 saturated carbocycles. The van der Waals surface area contributed by atoms with E-state index in [9.17, 15) is 4.79 Å². The SMILES string of the molecule is Cc1nccn1CCOc1c(N)cccc1C(=O)O. The number of hydrogen-bond donors (Lipinski definition) is 2. The molecule has 0 bridgehead atoms. The highest BCUT2D eigenvalue weighted by atomic mass is 16.5. The second kappa shape index (κ2) is 5.43. The van der Waals surface area contributed by atoms with Crippen LogP contribution in [0.5, 0.6) is 5.75 Å². The molecule has 0 aliphatic carbocycles. The van der Waals surface area contributed by atoms with E-state index in [1.165, 1.54) is 6.07 Å². The first kappa shape index (κ1) is 12.9. The molecule has 0 aliphatic rings. The second-order valence-electron chi connectivity index (χ2n) is 4.05. The molecule has 1 heterocycles. The minimum Gasteiger partial charge on any atom is -0.489 e. The first-order chi connectivity index (χ1) is 9.09. The van der Waals surface area contributed by atoms with Crippen LogP contribution in [0.3, 0.4) is 0 Å². The summed E-state index contributed by atoms with van der Waals surface area (Å²) >= 11 is 0. The van der Waals surface area contributed by atoms with Gasteiger partial charge in [-0.1, -0.05) is 6.07 Å². The normalized spacial score (nSPS) is 10.4. The number of rotatable bonds is 5. The number of nitrogen functional groups attached to an aromatic ring is 1. The van der Waals surface area contributed by atoms with E-state index in [2.05, 4.69) is 4.98 Å². The van der Waals surface area contributed by atoms with Crippen molar-refractivity contribution < 1.29 is 14.6 Å². The summed E-state index contributed by atoms with van der Waals surface area (Å²) in [4.78, 5) is 15.2. The number of carboxylic acid groups (broad SMARTS) is 1. The summed E-state index contributed by atoms with van der Waals surface area (Å²) < 4.78 is 7.42. The quantitative estimate of drug-likeness (QED) is 0.797. The Labute approximate surface area is 110 Å². The Balaban J connectivity index is 2.07. The van der Waals surface area contributed by atoms with Crippen LogP contribution in [0.15, 0.2) is 30.6 Å². The van der Waals surface area contributed by atoms with Crippen molar-refractivity contribution in [3.63, 3.8) is 0 Å². The third-order valence-corrected chi connectivity index (χ3v) is 2.78. The van der Waals surface area contributed by atoms with Crippen molar-refractivity contribution in [3.05, 3.63) is 42.0 Å². The Morgan fingerprint density at radius 2 is 2.32 bits per heavy atom. The molecule has 6 nitrogen and oxygen atoms in total. The highest BCUT2D eigenvalue weighted by Crippen LogP contribution is 2.26. The summed E-state index contributed by atoms with van der Waals surface area (Å²) in [5.41, 5.74) is 6.13. The predicted octanol–water partition coefficient (Wildman–Crippen LogP) is 1.55. The van der Waals surface area contributed by atoms with Crippen LogP contribution < -0.4 is 10.5 Å². The number of nitrogens with two attached hydrogens (primary N) is 1. The van der Waals surface area contributed by atoms with Crippen molar-refractivity contribution in [3.8, 4) is 5.75 Å². The smallest absolute Gasteiger partial charge is 0.339 e. The van der Waals surface area contributed by atoms with Crippen molar-refractivity contribution >= 4 is 11.7 Å². The summed E-state index contributed by atoms with van der Waals surface area (Å²) in [5, 5.41) is 9.07. The standard InChI is InChI=1S/C13H15N3O3/c1-9-15-5-6-16(9)7-8-19-12-10(13(17)18)3-2-4-11(12)14/h2-6H,7-8,14H2,1H3,(H,17,18). The Morgan fingerprint density at radius 1 is 1.53 bits per heavy atom. The molecule has 0 unspecified atom stereocenters. The van der Waals surface area contributed by atoms with E-state index < -0.39 is 5.97 Å². The summed E-state index contributed by atoms with van der Waals surface area (Å²) in [6.45, 7) is 2.80. The predicted molar refractivity (Wildman–Crippen MR) is 70.3 cm³/mol. The van der Waals surface area contributed by atoms with E-state index in [4.69, 9.17) is 15.6 Å². The molecule has 0 aliphatic heterocycles. The molecular formula is C13H15N3O3. The first-order valence-electron chi connectivity index (χ1n) is 5.82. The largest absolute Gasteiger partial charge is 0.489 e. The Bertz CT molecular complexity index is 593. The minimum atomic E-state index is -1.05. The van der Waals surface area contributed by atoms with Crippen LogP contribution in [0.2, 0.25) is 0 Å². The number of nitrogens with zero attached hydrogens (tertiary/aromatic N) is 2. The summed E-state index contributed by atoms with van der Waals surface area (Å²) in [6.07, 6.45) is 3.54. The molecule has 1 aromatic carbocycles. The fourth-order valence-corrected chi connectivity index (χ4v) is 1.77. The van der Waals surface area contributed by atoms with Crippen molar-refractivity contribution in [2.45, 2.75) is 13.5 Å². The van der Waals surface area contributed by atoms with Crippen molar-refractivity contribution in [2.75, 3.05) is 12.3 Å². The fraction of sp³-hybridized carbons (Fsp3) is 0.231. The molecule has 6 heteroatoms. The number of para-hydroxylation sites is 1. The maximum absolute atomic E-state index is 11.1. The van der Waals surface area contributed by atoms with E-state index in [-0.39, 0.29) is 11.3 Å². The lowest BCUT2D eigenvalue weighted by atomic mass is 10.2. The number of carbonyl (C=O) groups is 1. The lowest BCUT2D eigenvalue weighted by Gasteiger charge is -2.12. The minimum absolute atomic E-state index is 0.0716. The molecule has 100 valence electrons. The van der Waals surface area contributed by atoms with Gasteiger partial charge in [0.1, 0.15) is 18.0 Å². The molecule has 0 fully saturated rings. The third-order valence-electron chi connectivity index (χ3n) is 2.78. The lowest BCUT2D eigenvalue weighted by molar-refractivity contribution is 0.0692. The number of ether oxygens (including phenoxy) is 1. The number of aryl methyl sites for hydroxylation is 1. The van der Waals surface area contributed by atoms with Crippen LogP contribution in [-0.2, 0) is 6.54 Å². The van der Waals surface area contributed by atoms with Gasteiger partial charge in [-0.05, 0) is 19.1 Å². The molecule has 2 rings (SSSR count). The van der Waals surface area contributed by atoms with E-state index in [0.29, 0.717) is 18.8 Å². The van der Waals surface area contributed by atoms with Crippen LogP contribution >= 0.6 is 0 Å². The zero-order chi connectivity index (χ0) is 13.8. The first-order valence-corrected chi connectivity index (χ1v) is 5.82. The van der Waals surface area contributed by atoms with Crippen molar-refractivity contribution in [2.24, 2.45) is 0 Å². The highest BCUT2D eigenvalue weighted by Gasteiger charge is 2.13. The van der Waals surface area contributed by atoms with Gasteiger partial charge in [0.15, 0.2) is 5.75 Å². The topological polar surface area (TPSA) is 90.4 Å². The van der Waals surface area contributed by atoms with Gasteiger partial charge in [-0.3, -0.25) is 0 Å². The lowest BCUT2D eigenvalue weighted by Crippen LogP contribution is -2.12. The van der Waals surface area contributed by atoms with Crippen molar-refractivity contribution in [1.29, 1.82) is 0 Å². The Kier molecular flexibility index (Phi) is 3.70. The Hall–Kier alpha value is -2.50. The molecular weight excluding hydrogens is 246 g/mol. The molecule has 2 aromatic rings. The Morgan fingerprint density at radius 3 is 2.95 bits per heavy atom. The molecule has 19 heavy (non-hydrogen) atoms. The molecule has 0 saturated heterocycles. The second-order valence-corrected chi connectivity index (χ2v) is 4.05. The zero-order valence-corrected chi connectivity index (χ0v) is 10.5.